The van der Waals surface area contributed by atoms with E-state index in [-0.39, 0.29) is 11.3 Å². The topological polar surface area (TPSA) is 76.2 Å². The molecule has 1 aromatic carbocycles. The third kappa shape index (κ3) is 2.41. The maximum atomic E-state index is 11.3. The van der Waals surface area contributed by atoms with Crippen LogP contribution in [-0.4, -0.2) is 16.0 Å². The van der Waals surface area contributed by atoms with Crippen LogP contribution in [0.4, 0.5) is 0 Å². The Kier molecular flexibility index (Phi) is 3.44. The quantitative estimate of drug-likeness (QED) is 0.910. The van der Waals surface area contributed by atoms with Crippen LogP contribution in [0.3, 0.4) is 0 Å². The number of benzene rings is 1. The van der Waals surface area contributed by atoms with Crippen molar-refractivity contribution >= 4 is 17.2 Å². The molecule has 1 fully saturated rings. The molecule has 1 aliphatic rings. The second-order valence-electron chi connectivity index (χ2n) is 5.15. The van der Waals surface area contributed by atoms with Gasteiger partial charge in [0, 0.05) is 16.9 Å². The lowest BCUT2D eigenvalue weighted by Crippen LogP contribution is -2.11. The predicted octanol–water partition coefficient (Wildman–Crippen LogP) is 3.27. The lowest BCUT2D eigenvalue weighted by molar-refractivity contribution is 0.0998. The van der Waals surface area contributed by atoms with Gasteiger partial charge in [-0.2, -0.15) is 0 Å². The summed E-state index contributed by atoms with van der Waals surface area (Å²) in [5.74, 6) is -0.135. The SMILES string of the molecule is NC(=O)c1cc(-c2csc(C3CCCC3)n2)ccc1O. The zero-order valence-electron chi connectivity index (χ0n) is 11.0. The maximum absolute atomic E-state index is 11.3. The molecule has 0 atom stereocenters. The highest BCUT2D eigenvalue weighted by Crippen LogP contribution is 2.37. The van der Waals surface area contributed by atoms with Gasteiger partial charge >= 0.3 is 0 Å². The number of aromatic hydroxyl groups is 1. The molecule has 0 aliphatic heterocycles. The van der Waals surface area contributed by atoms with Crippen LogP contribution in [0, 0.1) is 0 Å². The number of amides is 1. The molecule has 0 saturated heterocycles. The Balaban J connectivity index is 1.93. The van der Waals surface area contributed by atoms with Crippen LogP contribution in [0.25, 0.3) is 11.3 Å². The number of phenols is 1. The van der Waals surface area contributed by atoms with Crippen molar-refractivity contribution in [1.82, 2.24) is 4.98 Å². The van der Waals surface area contributed by atoms with Crippen LogP contribution >= 0.6 is 11.3 Å². The average molecular weight is 288 g/mol. The van der Waals surface area contributed by atoms with E-state index in [4.69, 9.17) is 5.73 Å². The largest absolute Gasteiger partial charge is 0.507 e. The fourth-order valence-electron chi connectivity index (χ4n) is 2.67. The van der Waals surface area contributed by atoms with Crippen LogP contribution < -0.4 is 5.73 Å². The van der Waals surface area contributed by atoms with Gasteiger partial charge in [-0.1, -0.05) is 12.8 Å². The first-order valence-corrected chi connectivity index (χ1v) is 7.61. The van der Waals surface area contributed by atoms with Gasteiger partial charge in [0.05, 0.1) is 16.3 Å². The number of thiazole rings is 1. The Morgan fingerprint density at radius 2 is 2.10 bits per heavy atom. The van der Waals surface area contributed by atoms with E-state index in [0.717, 1.165) is 11.3 Å². The minimum absolute atomic E-state index is 0.0903. The highest BCUT2D eigenvalue weighted by Gasteiger charge is 2.20. The molecule has 1 aromatic heterocycles. The summed E-state index contributed by atoms with van der Waals surface area (Å²) in [5.41, 5.74) is 7.05. The molecule has 0 unspecified atom stereocenters. The van der Waals surface area contributed by atoms with E-state index in [1.54, 1.807) is 23.5 Å². The van der Waals surface area contributed by atoms with Crippen LogP contribution in [0.5, 0.6) is 5.75 Å². The molecule has 1 amide bonds. The molecule has 0 spiro atoms. The molecule has 0 bridgehead atoms. The molecule has 20 heavy (non-hydrogen) atoms. The maximum Gasteiger partial charge on any atom is 0.252 e. The third-order valence-electron chi connectivity index (χ3n) is 3.78. The number of hydrogen-bond donors (Lipinski definition) is 2. The fourth-order valence-corrected chi connectivity index (χ4v) is 3.67. The van der Waals surface area contributed by atoms with Crippen molar-refractivity contribution in [2.24, 2.45) is 5.73 Å². The van der Waals surface area contributed by atoms with Gasteiger partial charge in [0.1, 0.15) is 5.75 Å². The summed E-state index contributed by atoms with van der Waals surface area (Å²) >= 11 is 1.67. The molecule has 5 heteroatoms. The molecule has 4 nitrogen and oxygen atoms in total. The van der Waals surface area contributed by atoms with Crippen molar-refractivity contribution < 1.29 is 9.90 Å². The van der Waals surface area contributed by atoms with E-state index in [0.29, 0.717) is 5.92 Å². The lowest BCUT2D eigenvalue weighted by atomic mass is 10.1. The van der Waals surface area contributed by atoms with Gasteiger partial charge in [-0.05, 0) is 31.0 Å². The van der Waals surface area contributed by atoms with Gasteiger partial charge in [0.25, 0.3) is 5.91 Å². The molecule has 104 valence electrons. The van der Waals surface area contributed by atoms with Crippen molar-refractivity contribution in [3.63, 3.8) is 0 Å². The number of hydrogen-bond acceptors (Lipinski definition) is 4. The summed E-state index contributed by atoms with van der Waals surface area (Å²) in [6, 6.07) is 4.85. The number of nitrogens with zero attached hydrogens (tertiary/aromatic N) is 1. The second-order valence-corrected chi connectivity index (χ2v) is 6.04. The Labute approximate surface area is 121 Å². The predicted molar refractivity (Wildman–Crippen MR) is 78.9 cm³/mol. The first-order chi connectivity index (χ1) is 9.65. The van der Waals surface area contributed by atoms with Gasteiger partial charge in [0.2, 0.25) is 0 Å². The van der Waals surface area contributed by atoms with Gasteiger partial charge in [-0.25, -0.2) is 4.98 Å². The average Bonchev–Trinajstić information content (AvgIpc) is 3.09. The van der Waals surface area contributed by atoms with Gasteiger partial charge < -0.3 is 10.8 Å². The van der Waals surface area contributed by atoms with Crippen LogP contribution in [0.15, 0.2) is 23.6 Å². The molecule has 2 aromatic rings. The summed E-state index contributed by atoms with van der Waals surface area (Å²) in [6.07, 6.45) is 5.00. The molecular formula is C15H16N2O2S. The van der Waals surface area contributed by atoms with Crippen molar-refractivity contribution in [1.29, 1.82) is 0 Å². The zero-order chi connectivity index (χ0) is 14.1. The molecular weight excluding hydrogens is 272 g/mol. The number of primary amides is 1. The van der Waals surface area contributed by atoms with E-state index in [9.17, 15) is 9.90 Å². The normalized spacial score (nSPS) is 15.6. The second kappa shape index (κ2) is 5.25. The summed E-state index contributed by atoms with van der Waals surface area (Å²) in [6.45, 7) is 0. The summed E-state index contributed by atoms with van der Waals surface area (Å²) in [5, 5.41) is 12.8. The van der Waals surface area contributed by atoms with Gasteiger partial charge in [-0.15, -0.1) is 11.3 Å². The zero-order valence-corrected chi connectivity index (χ0v) is 11.8. The van der Waals surface area contributed by atoms with E-state index in [2.05, 4.69) is 4.98 Å². The van der Waals surface area contributed by atoms with Gasteiger partial charge in [0.15, 0.2) is 0 Å². The van der Waals surface area contributed by atoms with Crippen LogP contribution in [-0.2, 0) is 0 Å². The summed E-state index contributed by atoms with van der Waals surface area (Å²) < 4.78 is 0. The molecule has 0 radical (unpaired) electrons. The number of carbonyl (C=O) groups excluding carboxylic acids is 1. The Morgan fingerprint density at radius 3 is 2.80 bits per heavy atom. The fraction of sp³-hybridized carbons (Fsp3) is 0.333. The minimum atomic E-state index is -0.629. The third-order valence-corrected chi connectivity index (χ3v) is 4.79. The number of rotatable bonds is 3. The molecule has 1 aliphatic carbocycles. The summed E-state index contributed by atoms with van der Waals surface area (Å²) in [4.78, 5) is 15.9. The van der Waals surface area contributed by atoms with E-state index < -0.39 is 5.91 Å². The number of nitrogens with two attached hydrogens (primary N) is 1. The van der Waals surface area contributed by atoms with E-state index in [1.165, 1.54) is 36.8 Å². The Bertz CT molecular complexity index is 645. The van der Waals surface area contributed by atoms with Crippen LogP contribution in [0.1, 0.15) is 47.0 Å². The minimum Gasteiger partial charge on any atom is -0.507 e. The molecule has 1 heterocycles. The Hall–Kier alpha value is -1.88. The van der Waals surface area contributed by atoms with E-state index in [1.807, 2.05) is 5.38 Å². The first-order valence-electron chi connectivity index (χ1n) is 6.74. The van der Waals surface area contributed by atoms with Crippen molar-refractivity contribution in [3.8, 4) is 17.0 Å². The molecule has 3 N–H and O–H groups in total. The summed E-state index contributed by atoms with van der Waals surface area (Å²) in [7, 11) is 0. The lowest BCUT2D eigenvalue weighted by Gasteiger charge is -2.04. The number of carbonyl (C=O) groups is 1. The highest BCUT2D eigenvalue weighted by molar-refractivity contribution is 7.10. The van der Waals surface area contributed by atoms with Crippen molar-refractivity contribution in [3.05, 3.63) is 34.2 Å². The monoisotopic (exact) mass is 288 g/mol. The van der Waals surface area contributed by atoms with Crippen molar-refractivity contribution in [2.75, 3.05) is 0 Å². The van der Waals surface area contributed by atoms with Gasteiger partial charge in [-0.3, -0.25) is 4.79 Å². The smallest absolute Gasteiger partial charge is 0.252 e. The van der Waals surface area contributed by atoms with Crippen molar-refractivity contribution in [2.45, 2.75) is 31.6 Å². The first kappa shape index (κ1) is 13.1. The van der Waals surface area contributed by atoms with Crippen LogP contribution in [0.2, 0.25) is 0 Å². The Morgan fingerprint density at radius 1 is 1.35 bits per heavy atom. The molecule has 3 rings (SSSR count). The number of aromatic nitrogens is 1. The van der Waals surface area contributed by atoms with E-state index >= 15 is 0 Å². The highest BCUT2D eigenvalue weighted by atomic mass is 32.1. The standard InChI is InChI=1S/C15H16N2O2S/c16-14(19)11-7-10(5-6-13(11)18)12-8-20-15(17-12)9-3-1-2-4-9/h5-9,18H,1-4H2,(H2,16,19). The molecule has 1 saturated carbocycles.